The van der Waals surface area contributed by atoms with Crippen molar-refractivity contribution in [2.75, 3.05) is 19.3 Å². The van der Waals surface area contributed by atoms with Gasteiger partial charge in [-0.25, -0.2) is 8.42 Å². The highest BCUT2D eigenvalue weighted by atomic mass is 32.2. The van der Waals surface area contributed by atoms with Crippen LogP contribution in [0.25, 0.3) is 0 Å². The van der Waals surface area contributed by atoms with E-state index in [1.54, 1.807) is 0 Å². The molecule has 34 heavy (non-hydrogen) atoms. The quantitative estimate of drug-likeness (QED) is 0.550. The minimum atomic E-state index is -4.71. The smallest absolute Gasteiger partial charge is 0.425 e. The van der Waals surface area contributed by atoms with E-state index in [2.05, 4.69) is 5.16 Å². The summed E-state index contributed by atoms with van der Waals surface area (Å²) in [6, 6.07) is 4.22. The number of rotatable bonds is 6. The number of halogens is 5. The maximum atomic E-state index is 13.5. The summed E-state index contributed by atoms with van der Waals surface area (Å²) in [5.41, 5.74) is -0.759. The van der Waals surface area contributed by atoms with Crippen molar-refractivity contribution in [1.29, 1.82) is 0 Å². The molecular formula is C21H21F5N2O5S. The van der Waals surface area contributed by atoms with Crippen LogP contribution in [0.4, 0.5) is 22.0 Å². The molecule has 0 radical (unpaired) electrons. The van der Waals surface area contributed by atoms with Crippen LogP contribution in [0, 0.1) is 5.92 Å². The number of likely N-dealkylation sites (tertiary alicyclic amines) is 1. The molecule has 2 aliphatic rings. The van der Waals surface area contributed by atoms with Crippen LogP contribution in [0.1, 0.15) is 42.1 Å². The normalized spacial score (nSPS) is 23.5. The van der Waals surface area contributed by atoms with E-state index < -0.39 is 50.9 Å². The number of hydrogen-bond donors (Lipinski definition) is 0. The highest BCUT2D eigenvalue weighted by molar-refractivity contribution is 7.90. The summed E-state index contributed by atoms with van der Waals surface area (Å²) in [6.45, 7) is 1.70. The Morgan fingerprint density at radius 3 is 2.50 bits per heavy atom. The molecule has 2 aromatic rings. The Bertz CT molecular complexity index is 1240. The number of piperidine rings is 1. The van der Waals surface area contributed by atoms with E-state index in [1.807, 2.05) is 0 Å². The van der Waals surface area contributed by atoms with Gasteiger partial charge in [-0.3, -0.25) is 4.79 Å². The fourth-order valence-electron chi connectivity index (χ4n) is 4.19. The Kier molecular flexibility index (Phi) is 5.50. The number of nitrogens with zero attached hydrogens (tertiary/aromatic N) is 2. The number of sulfone groups is 1. The number of hydrogen-bond acceptors (Lipinski definition) is 6. The van der Waals surface area contributed by atoms with Crippen molar-refractivity contribution in [3.05, 3.63) is 41.3 Å². The van der Waals surface area contributed by atoms with Crippen LogP contribution < -0.4 is 4.74 Å². The SMILES string of the molecule is CC(Oc1ccc(S(C)(=O)=O)cc1C(=O)N1CC2CC2(c2cc(C(C)(F)F)on2)C1)C(F)(F)F. The Morgan fingerprint density at radius 2 is 1.94 bits per heavy atom. The van der Waals surface area contributed by atoms with Crippen LogP contribution in [0.2, 0.25) is 0 Å². The molecule has 0 N–H and O–H groups in total. The van der Waals surface area contributed by atoms with Gasteiger partial charge in [0, 0.05) is 37.8 Å². The molecule has 0 bridgehead atoms. The third-order valence-electron chi connectivity index (χ3n) is 6.26. The van der Waals surface area contributed by atoms with E-state index in [1.165, 1.54) is 4.90 Å². The lowest BCUT2D eigenvalue weighted by Crippen LogP contribution is -2.35. The summed E-state index contributed by atoms with van der Waals surface area (Å²) in [6.07, 6.45) is -5.47. The zero-order valence-corrected chi connectivity index (χ0v) is 19.1. The fraction of sp³-hybridized carbons (Fsp3) is 0.524. The van der Waals surface area contributed by atoms with Crippen LogP contribution in [-0.2, 0) is 21.2 Å². The molecule has 3 unspecified atom stereocenters. The number of carbonyl (C=O) groups excluding carboxylic acids is 1. The molecular weight excluding hydrogens is 487 g/mol. The molecule has 13 heteroatoms. The standard InChI is InChI=1S/C21H21F5N2O5S/c1-11(21(24,25)26)32-15-5-4-13(34(3,30)31)6-14(15)18(29)28-9-12-8-20(12,10-28)16-7-17(33-27-16)19(2,22)23/h4-7,11-12H,8-10H2,1-3H3. The van der Waals surface area contributed by atoms with Crippen molar-refractivity contribution in [3.63, 3.8) is 0 Å². The summed E-state index contributed by atoms with van der Waals surface area (Å²) in [4.78, 5) is 14.4. The van der Waals surface area contributed by atoms with Crippen LogP contribution in [0.3, 0.4) is 0 Å². The zero-order chi connectivity index (χ0) is 25.3. The first kappa shape index (κ1) is 24.4. The molecule has 2 heterocycles. The van der Waals surface area contributed by atoms with Crippen LogP contribution in [-0.4, -0.2) is 56.0 Å². The molecule has 3 atom stereocenters. The van der Waals surface area contributed by atoms with Gasteiger partial charge < -0.3 is 14.2 Å². The maximum absolute atomic E-state index is 13.5. The van der Waals surface area contributed by atoms with Gasteiger partial charge >= 0.3 is 12.1 Å². The Hall–Kier alpha value is -2.70. The van der Waals surface area contributed by atoms with Gasteiger partial charge in [-0.1, -0.05) is 5.16 Å². The molecule has 4 rings (SSSR count). The molecule has 7 nitrogen and oxygen atoms in total. The predicted molar refractivity (Wildman–Crippen MR) is 107 cm³/mol. The second-order valence-electron chi connectivity index (χ2n) is 8.94. The number of aromatic nitrogens is 1. The van der Waals surface area contributed by atoms with Gasteiger partial charge in [-0.15, -0.1) is 0 Å². The van der Waals surface area contributed by atoms with Crippen molar-refractivity contribution in [2.45, 2.75) is 48.8 Å². The van der Waals surface area contributed by atoms with E-state index >= 15 is 0 Å². The Balaban J connectivity index is 1.63. The molecule has 1 saturated heterocycles. The minimum absolute atomic E-state index is 0.0646. The highest BCUT2D eigenvalue weighted by Gasteiger charge is 2.63. The number of alkyl halides is 5. The van der Waals surface area contributed by atoms with Crippen LogP contribution >= 0.6 is 0 Å². The van der Waals surface area contributed by atoms with Crippen LogP contribution in [0.5, 0.6) is 5.75 Å². The third-order valence-corrected chi connectivity index (χ3v) is 7.37. The second kappa shape index (κ2) is 7.65. The van der Waals surface area contributed by atoms with Crippen molar-refractivity contribution >= 4 is 15.7 Å². The number of benzene rings is 1. The van der Waals surface area contributed by atoms with Crippen molar-refractivity contribution in [1.82, 2.24) is 10.1 Å². The van der Waals surface area contributed by atoms with Crippen molar-refractivity contribution < 1.29 is 44.4 Å². The van der Waals surface area contributed by atoms with E-state index in [0.29, 0.717) is 13.3 Å². The zero-order valence-electron chi connectivity index (χ0n) is 18.3. The van der Waals surface area contributed by atoms with E-state index in [9.17, 15) is 35.2 Å². The summed E-state index contributed by atoms with van der Waals surface area (Å²) in [7, 11) is -3.77. The number of ether oxygens (including phenoxy) is 1. The van der Waals surface area contributed by atoms with Crippen LogP contribution in [0.15, 0.2) is 33.7 Å². The third kappa shape index (κ3) is 4.37. The predicted octanol–water partition coefficient (Wildman–Crippen LogP) is 3.93. The van der Waals surface area contributed by atoms with Crippen molar-refractivity contribution in [3.8, 4) is 5.75 Å². The van der Waals surface area contributed by atoms with Gasteiger partial charge in [-0.2, -0.15) is 22.0 Å². The summed E-state index contributed by atoms with van der Waals surface area (Å²) >= 11 is 0. The molecule has 1 amide bonds. The maximum Gasteiger partial charge on any atom is 0.425 e. The highest BCUT2D eigenvalue weighted by Crippen LogP contribution is 2.59. The fourth-order valence-corrected chi connectivity index (χ4v) is 4.84. The van der Waals surface area contributed by atoms with Crippen molar-refractivity contribution in [2.24, 2.45) is 5.92 Å². The Labute approximate surface area is 191 Å². The van der Waals surface area contributed by atoms with E-state index in [4.69, 9.17) is 9.26 Å². The van der Waals surface area contributed by atoms with Gasteiger partial charge in [0.05, 0.1) is 16.2 Å². The number of carbonyl (C=O) groups is 1. The summed E-state index contributed by atoms with van der Waals surface area (Å²) < 4.78 is 99.9. The van der Waals surface area contributed by atoms with Gasteiger partial charge in [0.1, 0.15) is 5.75 Å². The largest absolute Gasteiger partial charge is 0.480 e. The first-order valence-electron chi connectivity index (χ1n) is 10.2. The summed E-state index contributed by atoms with van der Waals surface area (Å²) in [5, 5.41) is 3.75. The average Bonchev–Trinajstić information content (AvgIpc) is 3.07. The first-order chi connectivity index (χ1) is 15.5. The van der Waals surface area contributed by atoms with Gasteiger partial charge in [0.2, 0.25) is 5.76 Å². The van der Waals surface area contributed by atoms with Gasteiger partial charge in [-0.05, 0) is 37.5 Å². The number of fused-ring (bicyclic) bond motifs is 1. The van der Waals surface area contributed by atoms with Gasteiger partial charge in [0.25, 0.3) is 5.91 Å². The Morgan fingerprint density at radius 1 is 1.26 bits per heavy atom. The lowest BCUT2D eigenvalue weighted by Gasteiger charge is -2.24. The monoisotopic (exact) mass is 508 g/mol. The molecule has 2 fully saturated rings. The van der Waals surface area contributed by atoms with Gasteiger partial charge in [0.15, 0.2) is 15.9 Å². The molecule has 186 valence electrons. The molecule has 1 aromatic heterocycles. The average molecular weight is 508 g/mol. The minimum Gasteiger partial charge on any atom is -0.480 e. The second-order valence-corrected chi connectivity index (χ2v) is 11.0. The first-order valence-corrected chi connectivity index (χ1v) is 12.1. The molecule has 1 aromatic carbocycles. The molecule has 1 saturated carbocycles. The lowest BCUT2D eigenvalue weighted by molar-refractivity contribution is -0.189. The topological polar surface area (TPSA) is 89.7 Å². The van der Waals surface area contributed by atoms with E-state index in [0.717, 1.165) is 37.4 Å². The molecule has 1 aliphatic carbocycles. The molecule has 1 aliphatic heterocycles. The lowest BCUT2D eigenvalue weighted by atomic mass is 10.0. The number of amides is 1. The molecule has 0 spiro atoms. The van der Waals surface area contributed by atoms with E-state index in [-0.39, 0.29) is 35.2 Å². The summed E-state index contributed by atoms with van der Waals surface area (Å²) in [5.74, 6) is -5.08.